The fraction of sp³-hybridized carbons (Fsp3) is 0.0714. The van der Waals surface area contributed by atoms with Crippen molar-refractivity contribution < 1.29 is 0 Å². The molecule has 3 N–H and O–H groups in total. The Kier molecular flexibility index (Phi) is 3.94. The standard InChI is InChI=1S/C14H13ClN2S/c1-9-2-5-11(6-3-9)18-13-7-4-10(15)8-12(13)14(16)17/h2-8H,1H3,(H3,16,17). The van der Waals surface area contributed by atoms with Crippen molar-refractivity contribution in [1.82, 2.24) is 0 Å². The highest BCUT2D eigenvalue weighted by atomic mass is 35.5. The van der Waals surface area contributed by atoms with Gasteiger partial charge >= 0.3 is 0 Å². The van der Waals surface area contributed by atoms with Crippen molar-refractivity contribution in [3.8, 4) is 0 Å². The summed E-state index contributed by atoms with van der Waals surface area (Å²) in [5, 5.41) is 8.17. The highest BCUT2D eigenvalue weighted by Gasteiger charge is 2.08. The van der Waals surface area contributed by atoms with E-state index in [0.29, 0.717) is 10.6 Å². The zero-order valence-electron chi connectivity index (χ0n) is 9.91. The number of halogens is 1. The normalized spacial score (nSPS) is 10.3. The molecule has 0 saturated carbocycles. The van der Waals surface area contributed by atoms with Gasteiger partial charge in [0, 0.05) is 20.4 Å². The Bertz CT molecular complexity index is 579. The van der Waals surface area contributed by atoms with Crippen LogP contribution in [0.3, 0.4) is 0 Å². The van der Waals surface area contributed by atoms with Gasteiger partial charge in [0.1, 0.15) is 5.84 Å². The van der Waals surface area contributed by atoms with Gasteiger partial charge in [-0.15, -0.1) is 0 Å². The van der Waals surface area contributed by atoms with Crippen LogP contribution in [0.4, 0.5) is 0 Å². The van der Waals surface area contributed by atoms with Crippen molar-refractivity contribution in [3.63, 3.8) is 0 Å². The third-order valence-corrected chi connectivity index (χ3v) is 3.80. The summed E-state index contributed by atoms with van der Waals surface area (Å²) in [5.74, 6) is 0.0344. The summed E-state index contributed by atoms with van der Waals surface area (Å²) in [5.41, 5.74) is 7.47. The van der Waals surface area contributed by atoms with E-state index in [1.165, 1.54) is 5.56 Å². The molecule has 0 atom stereocenters. The number of nitrogens with one attached hydrogen (secondary N) is 1. The van der Waals surface area contributed by atoms with Crippen molar-refractivity contribution in [2.75, 3.05) is 0 Å². The first kappa shape index (κ1) is 13.0. The molecule has 0 fully saturated rings. The van der Waals surface area contributed by atoms with E-state index in [4.69, 9.17) is 22.7 Å². The molecule has 0 aliphatic carbocycles. The van der Waals surface area contributed by atoms with Gasteiger partial charge in [0.05, 0.1) is 0 Å². The van der Waals surface area contributed by atoms with Gasteiger partial charge in [-0.3, -0.25) is 5.41 Å². The third kappa shape index (κ3) is 3.06. The van der Waals surface area contributed by atoms with Crippen LogP contribution in [-0.2, 0) is 0 Å². The molecule has 0 bridgehead atoms. The quantitative estimate of drug-likeness (QED) is 0.655. The average molecular weight is 277 g/mol. The van der Waals surface area contributed by atoms with Crippen LogP contribution >= 0.6 is 23.4 Å². The average Bonchev–Trinajstić information content (AvgIpc) is 2.34. The van der Waals surface area contributed by atoms with E-state index in [2.05, 4.69) is 31.2 Å². The molecular weight excluding hydrogens is 264 g/mol. The minimum Gasteiger partial charge on any atom is -0.384 e. The van der Waals surface area contributed by atoms with E-state index in [1.54, 1.807) is 17.8 Å². The van der Waals surface area contributed by atoms with Crippen LogP contribution in [0.1, 0.15) is 11.1 Å². The molecule has 18 heavy (non-hydrogen) atoms. The van der Waals surface area contributed by atoms with Crippen LogP contribution in [0.15, 0.2) is 52.3 Å². The molecule has 0 spiro atoms. The van der Waals surface area contributed by atoms with Crippen LogP contribution in [0.5, 0.6) is 0 Å². The second-order valence-corrected chi connectivity index (χ2v) is 5.52. The first-order chi connectivity index (χ1) is 8.56. The molecule has 0 aromatic heterocycles. The zero-order chi connectivity index (χ0) is 13.1. The number of hydrogen-bond donors (Lipinski definition) is 2. The molecule has 0 heterocycles. The number of benzene rings is 2. The molecule has 4 heteroatoms. The van der Waals surface area contributed by atoms with E-state index in [0.717, 1.165) is 9.79 Å². The number of nitrogen functional groups attached to an aromatic ring is 1. The summed E-state index contributed by atoms with van der Waals surface area (Å²) < 4.78 is 0. The molecule has 2 aromatic carbocycles. The lowest BCUT2D eigenvalue weighted by Gasteiger charge is -2.08. The Hall–Kier alpha value is -1.45. The lowest BCUT2D eigenvalue weighted by Crippen LogP contribution is -2.12. The van der Waals surface area contributed by atoms with Gasteiger partial charge < -0.3 is 5.73 Å². The van der Waals surface area contributed by atoms with E-state index in [9.17, 15) is 0 Å². The van der Waals surface area contributed by atoms with Crippen LogP contribution < -0.4 is 5.73 Å². The molecule has 2 nitrogen and oxygen atoms in total. The molecule has 92 valence electrons. The molecule has 2 aromatic rings. The fourth-order valence-electron chi connectivity index (χ4n) is 1.53. The smallest absolute Gasteiger partial charge is 0.123 e. The molecule has 0 unspecified atom stereocenters. The highest BCUT2D eigenvalue weighted by molar-refractivity contribution is 7.99. The second-order valence-electron chi connectivity index (χ2n) is 3.97. The monoisotopic (exact) mass is 276 g/mol. The van der Waals surface area contributed by atoms with Crippen molar-refractivity contribution >= 4 is 29.2 Å². The summed E-state index contributed by atoms with van der Waals surface area (Å²) in [4.78, 5) is 2.06. The molecular formula is C14H13ClN2S. The maximum Gasteiger partial charge on any atom is 0.123 e. The molecule has 0 aliphatic rings. The van der Waals surface area contributed by atoms with Gasteiger partial charge in [0.15, 0.2) is 0 Å². The van der Waals surface area contributed by atoms with Gasteiger partial charge in [0.2, 0.25) is 0 Å². The van der Waals surface area contributed by atoms with Gasteiger partial charge in [-0.05, 0) is 37.3 Å². The minimum absolute atomic E-state index is 0.0344. The Morgan fingerprint density at radius 3 is 2.44 bits per heavy atom. The van der Waals surface area contributed by atoms with E-state index < -0.39 is 0 Å². The Labute approximate surface area is 116 Å². The Morgan fingerprint density at radius 1 is 1.17 bits per heavy atom. The highest BCUT2D eigenvalue weighted by Crippen LogP contribution is 2.31. The number of hydrogen-bond acceptors (Lipinski definition) is 2. The largest absolute Gasteiger partial charge is 0.384 e. The van der Waals surface area contributed by atoms with Gasteiger partial charge in [-0.25, -0.2) is 0 Å². The van der Waals surface area contributed by atoms with Crippen molar-refractivity contribution in [2.24, 2.45) is 5.73 Å². The predicted octanol–water partition coefficient (Wildman–Crippen LogP) is 4.08. The van der Waals surface area contributed by atoms with Gasteiger partial charge in [0.25, 0.3) is 0 Å². The van der Waals surface area contributed by atoms with E-state index >= 15 is 0 Å². The predicted molar refractivity (Wildman–Crippen MR) is 77.8 cm³/mol. The SMILES string of the molecule is Cc1ccc(Sc2ccc(Cl)cc2C(=N)N)cc1. The molecule has 0 amide bonds. The topological polar surface area (TPSA) is 49.9 Å². The third-order valence-electron chi connectivity index (χ3n) is 2.48. The van der Waals surface area contributed by atoms with Crippen LogP contribution in [0.25, 0.3) is 0 Å². The van der Waals surface area contributed by atoms with Crippen LogP contribution in [-0.4, -0.2) is 5.84 Å². The maximum atomic E-state index is 7.58. The van der Waals surface area contributed by atoms with E-state index in [-0.39, 0.29) is 5.84 Å². The van der Waals surface area contributed by atoms with Crippen molar-refractivity contribution in [3.05, 3.63) is 58.6 Å². The number of rotatable bonds is 3. The summed E-state index contributed by atoms with van der Waals surface area (Å²) >= 11 is 7.50. The van der Waals surface area contributed by atoms with Crippen molar-refractivity contribution in [1.29, 1.82) is 5.41 Å². The van der Waals surface area contributed by atoms with E-state index in [1.807, 2.05) is 12.1 Å². The maximum absolute atomic E-state index is 7.58. The Balaban J connectivity index is 2.34. The molecule has 0 radical (unpaired) electrons. The first-order valence-corrected chi connectivity index (χ1v) is 6.64. The van der Waals surface area contributed by atoms with Crippen LogP contribution in [0.2, 0.25) is 5.02 Å². The first-order valence-electron chi connectivity index (χ1n) is 5.45. The number of aryl methyl sites for hydroxylation is 1. The lowest BCUT2D eigenvalue weighted by atomic mass is 10.2. The van der Waals surface area contributed by atoms with Gasteiger partial charge in [-0.1, -0.05) is 41.1 Å². The number of nitrogens with two attached hydrogens (primary N) is 1. The summed E-state index contributed by atoms with van der Waals surface area (Å²) in [6.07, 6.45) is 0. The summed E-state index contributed by atoms with van der Waals surface area (Å²) in [6, 6.07) is 13.7. The summed E-state index contributed by atoms with van der Waals surface area (Å²) in [7, 11) is 0. The molecule has 0 saturated heterocycles. The second kappa shape index (κ2) is 5.46. The zero-order valence-corrected chi connectivity index (χ0v) is 11.5. The fourth-order valence-corrected chi connectivity index (χ4v) is 2.65. The summed E-state index contributed by atoms with van der Waals surface area (Å²) in [6.45, 7) is 2.05. The lowest BCUT2D eigenvalue weighted by molar-refractivity contribution is 1.32. The van der Waals surface area contributed by atoms with Crippen molar-refractivity contribution in [2.45, 2.75) is 16.7 Å². The molecule has 0 aliphatic heterocycles. The van der Waals surface area contributed by atoms with Crippen LogP contribution in [0, 0.1) is 12.3 Å². The molecule has 2 rings (SSSR count). The number of amidine groups is 1. The van der Waals surface area contributed by atoms with Gasteiger partial charge in [-0.2, -0.15) is 0 Å². The minimum atomic E-state index is 0.0344. The Morgan fingerprint density at radius 2 is 1.83 bits per heavy atom.